The lowest BCUT2D eigenvalue weighted by atomic mass is 9.95. The van der Waals surface area contributed by atoms with E-state index in [9.17, 15) is 18.5 Å². The first-order valence-electron chi connectivity index (χ1n) is 9.16. The second-order valence-electron chi connectivity index (χ2n) is 6.90. The van der Waals surface area contributed by atoms with Crippen molar-refractivity contribution in [1.82, 2.24) is 4.98 Å². The highest BCUT2D eigenvalue weighted by molar-refractivity contribution is 7.90. The number of nitrogens with zero attached hydrogens (tertiary/aromatic N) is 2. The first kappa shape index (κ1) is 22.5. The van der Waals surface area contributed by atoms with Crippen LogP contribution in [0.2, 0.25) is 5.02 Å². The van der Waals surface area contributed by atoms with Crippen molar-refractivity contribution in [3.63, 3.8) is 0 Å². The third-order valence-corrected chi connectivity index (χ3v) is 6.27. The Morgan fingerprint density at radius 2 is 1.87 bits per heavy atom. The Kier molecular flexibility index (Phi) is 6.48. The minimum atomic E-state index is -3.30. The molecule has 31 heavy (non-hydrogen) atoms. The third-order valence-electron chi connectivity index (χ3n) is 4.84. The maximum absolute atomic E-state index is 11.7. The molecule has 0 fully saturated rings. The van der Waals surface area contributed by atoms with E-state index >= 15 is 0 Å². The minimum absolute atomic E-state index is 0.212. The number of benzene rings is 2. The average Bonchev–Trinajstić information content (AvgIpc) is 2.74. The Balaban J connectivity index is 2.11. The number of fused-ring (bicyclic) bond motifs is 1. The molecule has 0 aliphatic heterocycles. The van der Waals surface area contributed by atoms with Crippen LogP contribution in [0.3, 0.4) is 0 Å². The summed E-state index contributed by atoms with van der Waals surface area (Å²) in [5.41, 5.74) is 2.81. The van der Waals surface area contributed by atoms with Gasteiger partial charge in [0.2, 0.25) is 0 Å². The van der Waals surface area contributed by atoms with Crippen LogP contribution >= 0.6 is 11.6 Å². The summed E-state index contributed by atoms with van der Waals surface area (Å²) < 4.78 is 33.6. The molecule has 1 aromatic heterocycles. The fourth-order valence-corrected chi connectivity index (χ4v) is 4.04. The molecule has 0 radical (unpaired) electrons. The molecule has 2 aromatic carbocycles. The van der Waals surface area contributed by atoms with Gasteiger partial charge in [-0.15, -0.1) is 0 Å². The molecule has 0 unspecified atom stereocenters. The number of halogens is 1. The molecular formula is C22H19ClN2O5S. The summed E-state index contributed by atoms with van der Waals surface area (Å²) in [6.07, 6.45) is 1.50. The highest BCUT2D eigenvalue weighted by atomic mass is 35.5. The summed E-state index contributed by atoms with van der Waals surface area (Å²) >= 11 is 6.32. The summed E-state index contributed by atoms with van der Waals surface area (Å²) in [5, 5.41) is 10.6. The van der Waals surface area contributed by atoms with Gasteiger partial charge >= 0.3 is 5.97 Å². The zero-order valence-electron chi connectivity index (χ0n) is 17.1. The van der Waals surface area contributed by atoms with Gasteiger partial charge in [0.25, 0.3) is 0 Å². The number of carbonyl (C=O) groups excluding carboxylic acids is 1. The normalized spacial score (nSPS) is 11.2. The predicted molar refractivity (Wildman–Crippen MR) is 116 cm³/mol. The van der Waals surface area contributed by atoms with Crippen molar-refractivity contribution >= 4 is 38.3 Å². The Labute approximate surface area is 185 Å². The van der Waals surface area contributed by atoms with Crippen LogP contribution in [0, 0.1) is 18.3 Å². The van der Waals surface area contributed by atoms with Crippen LogP contribution in [-0.4, -0.2) is 39.3 Å². The fraction of sp³-hybridized carbons (Fsp3) is 0.227. The standard InChI is InChI=1S/C22H19ClN2O5S/c1-13-16(10-14-4-6-15(7-5-14)31(3,27)28)18(11-24)25-22-17(23)8-9-19(21(13)22)30-12-20(26)29-2/h4-9H,10,12H2,1-3H3. The van der Waals surface area contributed by atoms with Gasteiger partial charge in [0, 0.05) is 18.1 Å². The summed E-state index contributed by atoms with van der Waals surface area (Å²) in [5.74, 6) is -0.137. The van der Waals surface area contributed by atoms with Gasteiger partial charge < -0.3 is 9.47 Å². The Bertz CT molecular complexity index is 1310. The van der Waals surface area contributed by atoms with Crippen LogP contribution in [0.4, 0.5) is 0 Å². The zero-order chi connectivity index (χ0) is 22.8. The van der Waals surface area contributed by atoms with E-state index in [1.54, 1.807) is 24.3 Å². The smallest absolute Gasteiger partial charge is 0.343 e. The number of rotatable bonds is 6. The maximum atomic E-state index is 11.7. The Morgan fingerprint density at radius 1 is 1.19 bits per heavy atom. The number of nitriles is 1. The summed E-state index contributed by atoms with van der Waals surface area (Å²) in [4.78, 5) is 16.2. The number of esters is 1. The van der Waals surface area contributed by atoms with E-state index in [1.165, 1.54) is 19.2 Å². The van der Waals surface area contributed by atoms with Crippen molar-refractivity contribution in [2.45, 2.75) is 18.2 Å². The van der Waals surface area contributed by atoms with Crippen LogP contribution in [0.25, 0.3) is 10.9 Å². The lowest BCUT2D eigenvalue weighted by Crippen LogP contribution is -2.13. The van der Waals surface area contributed by atoms with Crippen molar-refractivity contribution < 1.29 is 22.7 Å². The van der Waals surface area contributed by atoms with Crippen LogP contribution in [0.1, 0.15) is 22.4 Å². The lowest BCUT2D eigenvalue weighted by Gasteiger charge is -2.16. The molecule has 0 atom stereocenters. The van der Waals surface area contributed by atoms with E-state index in [2.05, 4.69) is 15.8 Å². The van der Waals surface area contributed by atoms with Crippen molar-refractivity contribution in [2.24, 2.45) is 0 Å². The molecule has 0 saturated carbocycles. The molecule has 0 N–H and O–H groups in total. The minimum Gasteiger partial charge on any atom is -0.481 e. The summed E-state index contributed by atoms with van der Waals surface area (Å²) in [6, 6.07) is 11.8. The third kappa shape index (κ3) is 4.79. The zero-order valence-corrected chi connectivity index (χ0v) is 18.7. The van der Waals surface area contributed by atoms with Crippen molar-refractivity contribution in [2.75, 3.05) is 20.0 Å². The van der Waals surface area contributed by atoms with E-state index in [1.807, 2.05) is 6.92 Å². The topological polar surface area (TPSA) is 106 Å². The summed E-state index contributed by atoms with van der Waals surface area (Å²) in [7, 11) is -2.03. The van der Waals surface area contributed by atoms with Crippen LogP contribution < -0.4 is 4.74 Å². The molecule has 0 aliphatic rings. The molecule has 0 saturated heterocycles. The van der Waals surface area contributed by atoms with Crippen LogP contribution in [0.5, 0.6) is 5.75 Å². The molecule has 0 aliphatic carbocycles. The largest absolute Gasteiger partial charge is 0.481 e. The highest BCUT2D eigenvalue weighted by Gasteiger charge is 2.19. The number of carbonyl (C=O) groups is 1. The van der Waals surface area contributed by atoms with E-state index in [0.717, 1.165) is 17.4 Å². The quantitative estimate of drug-likeness (QED) is 0.519. The van der Waals surface area contributed by atoms with E-state index in [-0.39, 0.29) is 17.2 Å². The number of hydrogen-bond acceptors (Lipinski definition) is 7. The fourth-order valence-electron chi connectivity index (χ4n) is 3.21. The number of ether oxygens (including phenoxy) is 2. The molecule has 160 valence electrons. The molecule has 0 amide bonds. The first-order chi connectivity index (χ1) is 14.7. The van der Waals surface area contributed by atoms with Gasteiger partial charge in [-0.3, -0.25) is 0 Å². The van der Waals surface area contributed by atoms with Gasteiger partial charge in [-0.05, 0) is 47.9 Å². The molecule has 0 bridgehead atoms. The van der Waals surface area contributed by atoms with E-state index in [4.69, 9.17) is 16.3 Å². The van der Waals surface area contributed by atoms with Gasteiger partial charge in [0.05, 0.1) is 22.5 Å². The lowest BCUT2D eigenvalue weighted by molar-refractivity contribution is -0.142. The number of aromatic nitrogens is 1. The molecule has 0 spiro atoms. The molecule has 9 heteroatoms. The number of aryl methyl sites for hydroxylation is 1. The number of pyridine rings is 1. The second kappa shape index (κ2) is 8.92. The second-order valence-corrected chi connectivity index (χ2v) is 9.33. The van der Waals surface area contributed by atoms with E-state index in [0.29, 0.717) is 33.7 Å². The van der Waals surface area contributed by atoms with Gasteiger partial charge in [0.15, 0.2) is 16.4 Å². The number of hydrogen-bond donors (Lipinski definition) is 0. The monoisotopic (exact) mass is 458 g/mol. The SMILES string of the molecule is COC(=O)COc1ccc(Cl)c2nc(C#N)c(Cc3ccc(S(C)(=O)=O)cc3)c(C)c12. The molecular weight excluding hydrogens is 440 g/mol. The summed E-state index contributed by atoms with van der Waals surface area (Å²) in [6.45, 7) is 1.54. The van der Waals surface area contributed by atoms with Crippen molar-refractivity contribution in [3.8, 4) is 11.8 Å². The predicted octanol–water partition coefficient (Wildman–Crippen LogP) is 3.61. The van der Waals surface area contributed by atoms with E-state index < -0.39 is 15.8 Å². The maximum Gasteiger partial charge on any atom is 0.343 e. The van der Waals surface area contributed by atoms with Gasteiger partial charge in [0.1, 0.15) is 17.5 Å². The molecule has 3 rings (SSSR count). The number of sulfone groups is 1. The first-order valence-corrected chi connectivity index (χ1v) is 11.4. The molecule has 3 aromatic rings. The van der Waals surface area contributed by atoms with Gasteiger partial charge in [-0.2, -0.15) is 5.26 Å². The highest BCUT2D eigenvalue weighted by Crippen LogP contribution is 2.36. The Morgan fingerprint density at radius 3 is 2.45 bits per heavy atom. The number of methoxy groups -OCH3 is 1. The van der Waals surface area contributed by atoms with Gasteiger partial charge in [-0.1, -0.05) is 23.7 Å². The van der Waals surface area contributed by atoms with Crippen molar-refractivity contribution in [1.29, 1.82) is 5.26 Å². The van der Waals surface area contributed by atoms with Gasteiger partial charge in [-0.25, -0.2) is 18.2 Å². The molecule has 1 heterocycles. The van der Waals surface area contributed by atoms with Crippen molar-refractivity contribution in [3.05, 3.63) is 63.8 Å². The van der Waals surface area contributed by atoms with Crippen LogP contribution in [-0.2, 0) is 25.8 Å². The van der Waals surface area contributed by atoms with Crippen LogP contribution in [0.15, 0.2) is 41.3 Å². The molecule has 7 nitrogen and oxygen atoms in total. The Hall–Kier alpha value is -3.15. The average molecular weight is 459 g/mol.